The molecule has 1 aliphatic rings. The van der Waals surface area contributed by atoms with E-state index in [9.17, 15) is 9.59 Å². The second-order valence-electron chi connectivity index (χ2n) is 8.52. The van der Waals surface area contributed by atoms with Gasteiger partial charge in [-0.3, -0.25) is 4.79 Å². The number of ether oxygens (including phenoxy) is 6. The molecule has 1 amide bonds. The molecular formula is C28H37NO8. The fourth-order valence-electron chi connectivity index (χ4n) is 4.00. The molecule has 9 heteroatoms. The number of rotatable bonds is 17. The van der Waals surface area contributed by atoms with E-state index in [0.29, 0.717) is 66.0 Å². The normalized spacial score (nSPS) is 12.2. The minimum Gasteiger partial charge on any atom is -0.463 e. The van der Waals surface area contributed by atoms with Crippen LogP contribution in [-0.2, 0) is 33.2 Å². The lowest BCUT2D eigenvalue weighted by molar-refractivity contribution is -0.142. The van der Waals surface area contributed by atoms with E-state index in [0.717, 1.165) is 0 Å². The van der Waals surface area contributed by atoms with Crippen LogP contribution < -0.4 is 0 Å². The van der Waals surface area contributed by atoms with E-state index in [-0.39, 0.29) is 24.6 Å². The van der Waals surface area contributed by atoms with Crippen molar-refractivity contribution in [3.8, 4) is 11.1 Å². The van der Waals surface area contributed by atoms with Crippen molar-refractivity contribution < 1.29 is 38.0 Å². The number of nitrogens with zero attached hydrogens (tertiary/aromatic N) is 1. The largest absolute Gasteiger partial charge is 0.463 e. The SMILES string of the molecule is CC(=O)OCCOCCOCCOCCOCCN(C)C(=O)OCC1c2ccccc2-c2ccccc21. The van der Waals surface area contributed by atoms with E-state index in [4.69, 9.17) is 28.4 Å². The Morgan fingerprint density at radius 3 is 1.65 bits per heavy atom. The van der Waals surface area contributed by atoms with Gasteiger partial charge in [0, 0.05) is 26.4 Å². The number of benzene rings is 2. The Balaban J connectivity index is 1.19. The average Bonchev–Trinajstić information content (AvgIpc) is 3.22. The van der Waals surface area contributed by atoms with Crippen molar-refractivity contribution in [3.63, 3.8) is 0 Å². The van der Waals surface area contributed by atoms with Crippen LogP contribution in [-0.4, -0.2) is 96.6 Å². The first-order chi connectivity index (χ1) is 18.1. The van der Waals surface area contributed by atoms with Gasteiger partial charge >= 0.3 is 12.1 Å². The van der Waals surface area contributed by atoms with Gasteiger partial charge in [0.1, 0.15) is 13.2 Å². The molecular weight excluding hydrogens is 478 g/mol. The van der Waals surface area contributed by atoms with Crippen molar-refractivity contribution in [2.75, 3.05) is 79.7 Å². The smallest absolute Gasteiger partial charge is 0.409 e. The molecule has 1 aliphatic carbocycles. The summed E-state index contributed by atoms with van der Waals surface area (Å²) < 4.78 is 32.1. The van der Waals surface area contributed by atoms with Crippen LogP contribution in [0.15, 0.2) is 48.5 Å². The maximum absolute atomic E-state index is 12.5. The summed E-state index contributed by atoms with van der Waals surface area (Å²) in [6.45, 7) is 5.75. The standard InChI is InChI=1S/C28H37NO8/c1-22(30)36-20-19-35-18-17-34-16-15-33-14-13-32-12-11-29(2)28(31)37-21-27-25-9-5-3-7-23(25)24-8-4-6-10-26(24)27/h3-10,27H,11-21H2,1-2H3. The molecule has 0 bridgehead atoms. The van der Waals surface area contributed by atoms with Gasteiger partial charge in [-0.2, -0.15) is 0 Å². The van der Waals surface area contributed by atoms with Crippen molar-refractivity contribution >= 4 is 12.1 Å². The summed E-state index contributed by atoms with van der Waals surface area (Å²) in [5, 5.41) is 0. The number of fused-ring (bicyclic) bond motifs is 3. The van der Waals surface area contributed by atoms with Gasteiger partial charge in [0.25, 0.3) is 0 Å². The predicted octanol–water partition coefficient (Wildman–Crippen LogP) is 3.50. The summed E-state index contributed by atoms with van der Waals surface area (Å²) in [7, 11) is 1.70. The van der Waals surface area contributed by atoms with Gasteiger partial charge in [-0.25, -0.2) is 4.79 Å². The molecule has 3 rings (SSSR count). The third-order valence-corrected chi connectivity index (χ3v) is 5.87. The highest BCUT2D eigenvalue weighted by Crippen LogP contribution is 2.44. The Kier molecular flexibility index (Phi) is 12.4. The third kappa shape index (κ3) is 9.44. The lowest BCUT2D eigenvalue weighted by Gasteiger charge is -2.19. The van der Waals surface area contributed by atoms with Gasteiger partial charge in [-0.1, -0.05) is 48.5 Å². The van der Waals surface area contributed by atoms with Crippen molar-refractivity contribution in [3.05, 3.63) is 59.7 Å². The molecule has 37 heavy (non-hydrogen) atoms. The first kappa shape index (κ1) is 28.6. The molecule has 202 valence electrons. The number of hydrogen-bond acceptors (Lipinski definition) is 8. The minimum atomic E-state index is -0.366. The van der Waals surface area contributed by atoms with Crippen molar-refractivity contribution in [2.45, 2.75) is 12.8 Å². The fourth-order valence-corrected chi connectivity index (χ4v) is 4.00. The van der Waals surface area contributed by atoms with Gasteiger partial charge in [0.05, 0.1) is 52.9 Å². The highest BCUT2D eigenvalue weighted by Gasteiger charge is 2.29. The van der Waals surface area contributed by atoms with Crippen LogP contribution in [0.25, 0.3) is 11.1 Å². The van der Waals surface area contributed by atoms with Crippen LogP contribution in [0.3, 0.4) is 0 Å². The molecule has 0 fully saturated rings. The van der Waals surface area contributed by atoms with Crippen LogP contribution in [0.5, 0.6) is 0 Å². The molecule has 0 unspecified atom stereocenters. The monoisotopic (exact) mass is 515 g/mol. The zero-order valence-electron chi connectivity index (χ0n) is 21.7. The lowest BCUT2D eigenvalue weighted by Crippen LogP contribution is -2.32. The first-order valence-electron chi connectivity index (χ1n) is 12.6. The number of amides is 1. The van der Waals surface area contributed by atoms with E-state index in [1.165, 1.54) is 34.1 Å². The van der Waals surface area contributed by atoms with E-state index in [2.05, 4.69) is 24.3 Å². The molecule has 0 aliphatic heterocycles. The Morgan fingerprint density at radius 1 is 0.676 bits per heavy atom. The topological polar surface area (TPSA) is 92.8 Å². The molecule has 9 nitrogen and oxygen atoms in total. The molecule has 2 aromatic carbocycles. The average molecular weight is 516 g/mol. The van der Waals surface area contributed by atoms with Gasteiger partial charge in [-0.05, 0) is 22.3 Å². The Labute approximate surface area is 218 Å². The van der Waals surface area contributed by atoms with Crippen LogP contribution in [0.2, 0.25) is 0 Å². The zero-order valence-corrected chi connectivity index (χ0v) is 21.7. The van der Waals surface area contributed by atoms with Crippen molar-refractivity contribution in [2.24, 2.45) is 0 Å². The summed E-state index contributed by atoms with van der Waals surface area (Å²) in [6, 6.07) is 16.5. The van der Waals surface area contributed by atoms with Gasteiger partial charge in [-0.15, -0.1) is 0 Å². The molecule has 0 aromatic heterocycles. The lowest BCUT2D eigenvalue weighted by atomic mass is 9.98. The number of carbonyl (C=O) groups excluding carboxylic acids is 2. The highest BCUT2D eigenvalue weighted by atomic mass is 16.6. The molecule has 0 spiro atoms. The predicted molar refractivity (Wildman–Crippen MR) is 138 cm³/mol. The Morgan fingerprint density at radius 2 is 1.14 bits per heavy atom. The van der Waals surface area contributed by atoms with Crippen molar-refractivity contribution in [1.29, 1.82) is 0 Å². The fraction of sp³-hybridized carbons (Fsp3) is 0.500. The number of hydrogen-bond donors (Lipinski definition) is 0. The summed E-state index contributed by atoms with van der Waals surface area (Å²) in [4.78, 5) is 24.6. The second-order valence-corrected chi connectivity index (χ2v) is 8.52. The number of carbonyl (C=O) groups is 2. The van der Waals surface area contributed by atoms with Crippen LogP contribution in [0, 0.1) is 0 Å². The van der Waals surface area contributed by atoms with Crippen LogP contribution >= 0.6 is 0 Å². The van der Waals surface area contributed by atoms with E-state index >= 15 is 0 Å². The maximum atomic E-state index is 12.5. The number of esters is 1. The van der Waals surface area contributed by atoms with E-state index in [1.807, 2.05) is 24.3 Å². The van der Waals surface area contributed by atoms with Crippen molar-refractivity contribution in [1.82, 2.24) is 4.90 Å². The summed E-state index contributed by atoms with van der Waals surface area (Å²) in [5.41, 5.74) is 4.79. The highest BCUT2D eigenvalue weighted by molar-refractivity contribution is 5.79. The Hall–Kier alpha value is -2.98. The van der Waals surface area contributed by atoms with E-state index < -0.39 is 0 Å². The maximum Gasteiger partial charge on any atom is 0.409 e. The zero-order chi connectivity index (χ0) is 26.3. The quantitative estimate of drug-likeness (QED) is 0.234. The summed E-state index contributed by atoms with van der Waals surface area (Å²) in [6.07, 6.45) is -0.366. The molecule has 0 atom stereocenters. The molecule has 0 heterocycles. The summed E-state index contributed by atoms with van der Waals surface area (Å²) in [5.74, 6) is -0.273. The first-order valence-corrected chi connectivity index (χ1v) is 12.6. The molecule has 0 saturated heterocycles. The molecule has 0 saturated carbocycles. The van der Waals surface area contributed by atoms with E-state index in [1.54, 1.807) is 7.05 Å². The van der Waals surface area contributed by atoms with Gasteiger partial charge in [0.15, 0.2) is 0 Å². The molecule has 0 radical (unpaired) electrons. The number of likely N-dealkylation sites (N-methyl/N-ethyl adjacent to an activating group) is 1. The molecule has 2 aromatic rings. The molecule has 0 N–H and O–H groups in total. The van der Waals surface area contributed by atoms with Crippen LogP contribution in [0.1, 0.15) is 24.0 Å². The summed E-state index contributed by atoms with van der Waals surface area (Å²) >= 11 is 0. The van der Waals surface area contributed by atoms with Gasteiger partial charge < -0.3 is 33.3 Å². The second kappa shape index (κ2) is 16.0. The third-order valence-electron chi connectivity index (χ3n) is 5.87. The van der Waals surface area contributed by atoms with Crippen LogP contribution in [0.4, 0.5) is 4.79 Å². The Bertz CT molecular complexity index is 937. The minimum absolute atomic E-state index is 0.0435. The van der Waals surface area contributed by atoms with Gasteiger partial charge in [0.2, 0.25) is 0 Å².